The van der Waals surface area contributed by atoms with Crippen molar-refractivity contribution in [3.63, 3.8) is 0 Å². The van der Waals surface area contributed by atoms with E-state index in [9.17, 15) is 14.4 Å². The number of aryl methyl sites for hydroxylation is 1. The number of carbonyl (C=O) groups is 1. The molecule has 7 heteroatoms. The number of carbonyl (C=O) groups excluding carboxylic acids is 1. The lowest BCUT2D eigenvalue weighted by Gasteiger charge is -2.05. The van der Waals surface area contributed by atoms with Gasteiger partial charge in [0.2, 0.25) is 0 Å². The van der Waals surface area contributed by atoms with Gasteiger partial charge in [0.25, 0.3) is 0 Å². The predicted octanol–water partition coefficient (Wildman–Crippen LogP) is 0.320. The van der Waals surface area contributed by atoms with Gasteiger partial charge in [-0.15, -0.1) is 0 Å². The Morgan fingerprint density at radius 2 is 2.12 bits per heavy atom. The van der Waals surface area contributed by atoms with Crippen molar-refractivity contribution in [3.8, 4) is 0 Å². The van der Waals surface area contributed by atoms with E-state index in [0.717, 1.165) is 18.6 Å². The molecule has 6 nitrogen and oxygen atoms in total. The minimum absolute atomic E-state index is 0.185. The second kappa shape index (κ2) is 6.39. The van der Waals surface area contributed by atoms with Crippen molar-refractivity contribution in [2.24, 2.45) is 7.05 Å². The van der Waals surface area contributed by atoms with E-state index in [2.05, 4.69) is 10.1 Å². The summed E-state index contributed by atoms with van der Waals surface area (Å²) in [6, 6.07) is 0. The summed E-state index contributed by atoms with van der Waals surface area (Å²) in [5, 5.41) is 2.86. The van der Waals surface area contributed by atoms with Crippen molar-refractivity contribution < 1.29 is 4.79 Å². The lowest BCUT2D eigenvalue weighted by molar-refractivity contribution is -0.117. The molecule has 17 heavy (non-hydrogen) atoms. The maximum Gasteiger partial charge on any atom is 0.339 e. The molecule has 0 aromatic carbocycles. The summed E-state index contributed by atoms with van der Waals surface area (Å²) >= 11 is 1.39. The van der Waals surface area contributed by atoms with Gasteiger partial charge in [-0.1, -0.05) is 11.8 Å². The zero-order valence-electron chi connectivity index (χ0n) is 9.86. The molecule has 0 fully saturated rings. The fourth-order valence-electron chi connectivity index (χ4n) is 1.23. The Hall–Kier alpha value is -1.37. The number of hydrogen-bond acceptors (Lipinski definition) is 5. The average Bonchev–Trinajstić information content (AvgIpc) is 2.24. The van der Waals surface area contributed by atoms with E-state index >= 15 is 0 Å². The van der Waals surface area contributed by atoms with E-state index in [1.807, 2.05) is 0 Å². The van der Waals surface area contributed by atoms with Crippen molar-refractivity contribution in [2.45, 2.75) is 31.3 Å². The molecule has 0 aliphatic heterocycles. The largest absolute Gasteiger partial charge is 0.339 e. The SMILES string of the molecule is CC(=O)CCCCSc1nc(=O)c(=O)[nH]n1C. The van der Waals surface area contributed by atoms with Crippen molar-refractivity contribution in [1.82, 2.24) is 14.8 Å². The van der Waals surface area contributed by atoms with Gasteiger partial charge in [-0.05, 0) is 19.8 Å². The van der Waals surface area contributed by atoms with E-state index in [4.69, 9.17) is 0 Å². The lowest BCUT2D eigenvalue weighted by atomic mass is 10.2. The van der Waals surface area contributed by atoms with Crippen LogP contribution in [0.5, 0.6) is 0 Å². The van der Waals surface area contributed by atoms with Crippen molar-refractivity contribution in [2.75, 3.05) is 5.75 Å². The fraction of sp³-hybridized carbons (Fsp3) is 0.600. The highest BCUT2D eigenvalue weighted by atomic mass is 32.2. The Labute approximate surface area is 102 Å². The first-order valence-electron chi connectivity index (χ1n) is 5.30. The zero-order valence-corrected chi connectivity index (χ0v) is 10.7. The van der Waals surface area contributed by atoms with Gasteiger partial charge < -0.3 is 4.79 Å². The van der Waals surface area contributed by atoms with Gasteiger partial charge in [0.05, 0.1) is 0 Å². The molecule has 1 aromatic rings. The number of aromatic amines is 1. The first-order chi connectivity index (χ1) is 8.00. The van der Waals surface area contributed by atoms with Crippen LogP contribution < -0.4 is 11.1 Å². The summed E-state index contributed by atoms with van der Waals surface area (Å²) in [5.74, 6) is 0.948. The third-order valence-corrected chi connectivity index (χ3v) is 3.22. The maximum atomic E-state index is 11.0. The van der Waals surface area contributed by atoms with Crippen molar-refractivity contribution in [1.29, 1.82) is 0 Å². The fourth-order valence-corrected chi connectivity index (χ4v) is 2.15. The van der Waals surface area contributed by atoms with Crippen LogP contribution in [0.4, 0.5) is 0 Å². The summed E-state index contributed by atoms with van der Waals surface area (Å²) in [6.07, 6.45) is 2.29. The number of hydrogen-bond donors (Lipinski definition) is 1. The molecule has 1 aromatic heterocycles. The van der Waals surface area contributed by atoms with Crippen molar-refractivity contribution >= 4 is 17.5 Å². The van der Waals surface area contributed by atoms with E-state index in [-0.39, 0.29) is 5.78 Å². The number of unbranched alkanes of at least 4 members (excludes halogenated alkanes) is 1. The summed E-state index contributed by atoms with van der Waals surface area (Å²) in [5.41, 5.74) is -1.48. The Kier molecular flexibility index (Phi) is 5.14. The molecular formula is C10H15N3O3S. The van der Waals surface area contributed by atoms with E-state index in [1.165, 1.54) is 16.4 Å². The van der Waals surface area contributed by atoms with Crippen LogP contribution in [-0.4, -0.2) is 26.3 Å². The van der Waals surface area contributed by atoms with Crippen LogP contribution in [0.2, 0.25) is 0 Å². The van der Waals surface area contributed by atoms with E-state index in [0.29, 0.717) is 11.6 Å². The van der Waals surface area contributed by atoms with Gasteiger partial charge in [-0.3, -0.25) is 19.4 Å². The van der Waals surface area contributed by atoms with Crippen molar-refractivity contribution in [3.05, 3.63) is 20.7 Å². The van der Waals surface area contributed by atoms with Gasteiger partial charge in [0.1, 0.15) is 5.78 Å². The normalized spacial score (nSPS) is 10.5. The number of thioether (sulfide) groups is 1. The van der Waals surface area contributed by atoms with Gasteiger partial charge in [-0.25, -0.2) is 0 Å². The highest BCUT2D eigenvalue weighted by Gasteiger charge is 2.04. The third-order valence-electron chi connectivity index (χ3n) is 2.10. The topological polar surface area (TPSA) is 84.8 Å². The maximum absolute atomic E-state index is 11.0. The summed E-state index contributed by atoms with van der Waals surface area (Å²) in [6.45, 7) is 1.57. The Morgan fingerprint density at radius 3 is 2.76 bits per heavy atom. The Bertz CT molecular complexity index is 506. The second-order valence-electron chi connectivity index (χ2n) is 3.71. The molecule has 0 radical (unpaired) electrons. The number of ketones is 1. The van der Waals surface area contributed by atoms with Crippen LogP contribution in [0.15, 0.2) is 14.7 Å². The molecule has 94 valence electrons. The summed E-state index contributed by atoms with van der Waals surface area (Å²) in [7, 11) is 1.63. The monoisotopic (exact) mass is 257 g/mol. The van der Waals surface area contributed by atoms with Gasteiger partial charge in [-0.2, -0.15) is 4.98 Å². The molecule has 0 unspecified atom stereocenters. The highest BCUT2D eigenvalue weighted by Crippen LogP contribution is 2.14. The molecule has 0 saturated heterocycles. The average molecular weight is 257 g/mol. The van der Waals surface area contributed by atoms with Crippen LogP contribution in [0.1, 0.15) is 26.2 Å². The quantitative estimate of drug-likeness (QED) is 0.450. The first-order valence-corrected chi connectivity index (χ1v) is 6.29. The van der Waals surface area contributed by atoms with Crippen LogP contribution in [0.25, 0.3) is 0 Å². The number of aromatic nitrogens is 3. The van der Waals surface area contributed by atoms with Crippen LogP contribution in [0, 0.1) is 0 Å². The van der Waals surface area contributed by atoms with Crippen LogP contribution in [-0.2, 0) is 11.8 Å². The van der Waals surface area contributed by atoms with Gasteiger partial charge in [0.15, 0.2) is 5.16 Å². The highest BCUT2D eigenvalue weighted by molar-refractivity contribution is 7.99. The number of H-pyrrole nitrogens is 1. The number of nitrogens with zero attached hydrogens (tertiary/aromatic N) is 2. The molecule has 0 bridgehead atoms. The van der Waals surface area contributed by atoms with E-state index in [1.54, 1.807) is 14.0 Å². The summed E-state index contributed by atoms with van der Waals surface area (Å²) in [4.78, 5) is 36.4. The molecule has 1 heterocycles. The van der Waals surface area contributed by atoms with Gasteiger partial charge >= 0.3 is 11.1 Å². The summed E-state index contributed by atoms with van der Waals surface area (Å²) < 4.78 is 1.43. The zero-order chi connectivity index (χ0) is 12.8. The minimum Gasteiger partial charge on any atom is -0.300 e. The minimum atomic E-state index is -0.769. The Morgan fingerprint density at radius 1 is 1.41 bits per heavy atom. The molecule has 0 saturated carbocycles. The number of Topliss-reactive ketones (excluding diaryl/α,β-unsaturated/α-hetero) is 1. The van der Waals surface area contributed by atoms with Gasteiger partial charge in [0, 0.05) is 19.2 Å². The molecule has 0 aliphatic rings. The standard InChI is InChI=1S/C10H15N3O3S/c1-7(14)5-3-4-6-17-10-11-8(15)9(16)12-13(10)2/h3-6H2,1-2H3,(H,12,16). The second-order valence-corrected chi connectivity index (χ2v) is 4.77. The molecule has 0 atom stereocenters. The predicted molar refractivity (Wildman–Crippen MR) is 65.4 cm³/mol. The van der Waals surface area contributed by atoms with Crippen LogP contribution >= 0.6 is 11.8 Å². The molecule has 1 N–H and O–H groups in total. The lowest BCUT2D eigenvalue weighted by Crippen LogP contribution is -2.33. The van der Waals surface area contributed by atoms with Crippen LogP contribution in [0.3, 0.4) is 0 Å². The first kappa shape index (κ1) is 13.7. The smallest absolute Gasteiger partial charge is 0.300 e. The Balaban J connectivity index is 2.47. The molecule has 0 aliphatic carbocycles. The number of nitrogens with one attached hydrogen (secondary N) is 1. The molecule has 0 amide bonds. The molecular weight excluding hydrogens is 242 g/mol. The number of rotatable bonds is 6. The third kappa shape index (κ3) is 4.56. The molecule has 0 spiro atoms. The molecule has 1 rings (SSSR count). The van der Waals surface area contributed by atoms with E-state index < -0.39 is 11.1 Å².